The molecule has 0 saturated carbocycles. The summed E-state index contributed by atoms with van der Waals surface area (Å²) in [5.74, 6) is 6.35. The van der Waals surface area contributed by atoms with Crippen LogP contribution in [0.4, 0.5) is 0 Å². The van der Waals surface area contributed by atoms with Crippen molar-refractivity contribution in [3.63, 3.8) is 0 Å². The highest BCUT2D eigenvalue weighted by atomic mass is 32.1. The van der Waals surface area contributed by atoms with Gasteiger partial charge in [-0.05, 0) is 53.1 Å². The number of hydrogen-bond donors (Lipinski definition) is 2. The Kier molecular flexibility index (Phi) is 4.83. The summed E-state index contributed by atoms with van der Waals surface area (Å²) in [5.41, 5.74) is 5.10. The van der Waals surface area contributed by atoms with Gasteiger partial charge < -0.3 is 5.11 Å². The largest absolute Gasteiger partial charge is 0.392 e. The SMILES string of the molecule is OCc1ccc(C#Cc2cccc(-c3ccc(S)cc3)c2)cc1. The molecular formula is C21H16OS. The molecule has 0 spiro atoms. The van der Waals surface area contributed by atoms with Crippen LogP contribution in [-0.4, -0.2) is 5.11 Å². The fourth-order valence-electron chi connectivity index (χ4n) is 2.27. The van der Waals surface area contributed by atoms with Crippen LogP contribution in [0.3, 0.4) is 0 Å². The molecule has 112 valence electrons. The van der Waals surface area contributed by atoms with E-state index in [2.05, 4.69) is 48.7 Å². The van der Waals surface area contributed by atoms with E-state index in [1.807, 2.05) is 48.5 Å². The molecule has 0 fully saturated rings. The summed E-state index contributed by atoms with van der Waals surface area (Å²) in [4.78, 5) is 0.955. The molecule has 1 N–H and O–H groups in total. The van der Waals surface area contributed by atoms with Crippen molar-refractivity contribution in [3.8, 4) is 23.0 Å². The maximum Gasteiger partial charge on any atom is 0.0681 e. The zero-order valence-electron chi connectivity index (χ0n) is 12.5. The molecule has 0 radical (unpaired) electrons. The lowest BCUT2D eigenvalue weighted by Gasteiger charge is -2.02. The van der Waals surface area contributed by atoms with Crippen molar-refractivity contribution in [2.75, 3.05) is 0 Å². The molecule has 0 aromatic heterocycles. The zero-order chi connectivity index (χ0) is 16.1. The van der Waals surface area contributed by atoms with Gasteiger partial charge in [0.2, 0.25) is 0 Å². The Bertz CT molecular complexity index is 853. The minimum Gasteiger partial charge on any atom is -0.392 e. The molecule has 3 aromatic rings. The van der Waals surface area contributed by atoms with Gasteiger partial charge in [0.25, 0.3) is 0 Å². The van der Waals surface area contributed by atoms with Crippen LogP contribution >= 0.6 is 12.6 Å². The van der Waals surface area contributed by atoms with E-state index in [1.54, 1.807) is 0 Å². The topological polar surface area (TPSA) is 20.2 Å². The first kappa shape index (κ1) is 15.4. The Morgan fingerprint density at radius 3 is 2.13 bits per heavy atom. The van der Waals surface area contributed by atoms with Crippen molar-refractivity contribution in [1.29, 1.82) is 0 Å². The summed E-state index contributed by atoms with van der Waals surface area (Å²) in [6.07, 6.45) is 0. The van der Waals surface area contributed by atoms with Crippen LogP contribution in [0.5, 0.6) is 0 Å². The van der Waals surface area contributed by atoms with E-state index in [-0.39, 0.29) is 6.61 Å². The second-order valence-electron chi connectivity index (χ2n) is 5.23. The van der Waals surface area contributed by atoms with Gasteiger partial charge in [-0.25, -0.2) is 0 Å². The van der Waals surface area contributed by atoms with Crippen LogP contribution in [-0.2, 0) is 6.61 Å². The zero-order valence-corrected chi connectivity index (χ0v) is 13.4. The van der Waals surface area contributed by atoms with Crippen LogP contribution in [0.25, 0.3) is 11.1 Å². The van der Waals surface area contributed by atoms with Gasteiger partial charge in [0.15, 0.2) is 0 Å². The van der Waals surface area contributed by atoms with Crippen LogP contribution in [0.15, 0.2) is 77.7 Å². The maximum absolute atomic E-state index is 9.05. The van der Waals surface area contributed by atoms with Crippen molar-refractivity contribution >= 4 is 12.6 Å². The maximum atomic E-state index is 9.05. The molecule has 1 nitrogen and oxygen atoms in total. The summed E-state index contributed by atoms with van der Waals surface area (Å²) >= 11 is 4.31. The summed E-state index contributed by atoms with van der Waals surface area (Å²) in [7, 11) is 0. The lowest BCUT2D eigenvalue weighted by molar-refractivity contribution is 0.282. The van der Waals surface area contributed by atoms with E-state index in [1.165, 1.54) is 0 Å². The van der Waals surface area contributed by atoms with Crippen LogP contribution in [0, 0.1) is 11.8 Å². The van der Waals surface area contributed by atoms with Crippen LogP contribution in [0.2, 0.25) is 0 Å². The second kappa shape index (κ2) is 7.19. The fraction of sp³-hybridized carbons (Fsp3) is 0.0476. The highest BCUT2D eigenvalue weighted by Gasteiger charge is 1.98. The Morgan fingerprint density at radius 1 is 0.739 bits per heavy atom. The average Bonchev–Trinajstić information content (AvgIpc) is 2.61. The van der Waals surface area contributed by atoms with Crippen molar-refractivity contribution < 1.29 is 5.11 Å². The van der Waals surface area contributed by atoms with E-state index < -0.39 is 0 Å². The van der Waals surface area contributed by atoms with Crippen molar-refractivity contribution in [2.45, 2.75) is 11.5 Å². The molecule has 0 heterocycles. The summed E-state index contributed by atoms with van der Waals surface area (Å²) in [6, 6.07) is 23.9. The molecule has 0 saturated heterocycles. The molecule has 3 aromatic carbocycles. The first-order valence-corrected chi connectivity index (χ1v) is 7.80. The Hall–Kier alpha value is -2.47. The molecule has 2 heteroatoms. The van der Waals surface area contributed by atoms with Gasteiger partial charge in [0.05, 0.1) is 6.61 Å². The molecular weight excluding hydrogens is 300 g/mol. The first-order chi connectivity index (χ1) is 11.2. The Labute approximate surface area is 142 Å². The first-order valence-electron chi connectivity index (χ1n) is 7.36. The number of benzene rings is 3. The predicted molar refractivity (Wildman–Crippen MR) is 97.5 cm³/mol. The molecule has 0 aliphatic carbocycles. The van der Waals surface area contributed by atoms with Crippen molar-refractivity contribution in [3.05, 3.63) is 89.5 Å². The monoisotopic (exact) mass is 316 g/mol. The highest BCUT2D eigenvalue weighted by molar-refractivity contribution is 7.80. The van der Waals surface area contributed by atoms with Crippen molar-refractivity contribution in [2.24, 2.45) is 0 Å². The third-order valence-corrected chi connectivity index (χ3v) is 3.85. The molecule has 0 bridgehead atoms. The van der Waals surface area contributed by atoms with Gasteiger partial charge in [-0.1, -0.05) is 48.2 Å². The third-order valence-electron chi connectivity index (χ3n) is 3.55. The Balaban J connectivity index is 1.85. The van der Waals surface area contributed by atoms with Gasteiger partial charge >= 0.3 is 0 Å². The summed E-state index contributed by atoms with van der Waals surface area (Å²) in [6.45, 7) is 0.0564. The fourth-order valence-corrected chi connectivity index (χ4v) is 2.42. The number of thiol groups is 1. The van der Waals surface area contributed by atoms with Gasteiger partial charge in [-0.3, -0.25) is 0 Å². The molecule has 0 atom stereocenters. The molecule has 0 aliphatic rings. The number of aliphatic hydroxyl groups is 1. The van der Waals surface area contributed by atoms with E-state index in [0.717, 1.165) is 32.7 Å². The Morgan fingerprint density at radius 2 is 1.43 bits per heavy atom. The average molecular weight is 316 g/mol. The molecule has 0 aliphatic heterocycles. The molecule has 0 unspecified atom stereocenters. The van der Waals surface area contributed by atoms with Crippen LogP contribution in [0.1, 0.15) is 16.7 Å². The van der Waals surface area contributed by atoms with Gasteiger partial charge in [-0.15, -0.1) is 12.6 Å². The predicted octanol–water partition coefficient (Wildman–Crippen LogP) is 4.53. The third kappa shape index (κ3) is 4.04. The molecule has 23 heavy (non-hydrogen) atoms. The van der Waals surface area contributed by atoms with E-state index >= 15 is 0 Å². The van der Waals surface area contributed by atoms with E-state index in [9.17, 15) is 0 Å². The lowest BCUT2D eigenvalue weighted by atomic mass is 10.0. The summed E-state index contributed by atoms with van der Waals surface area (Å²) < 4.78 is 0. The van der Waals surface area contributed by atoms with Gasteiger partial charge in [0.1, 0.15) is 0 Å². The minimum atomic E-state index is 0.0564. The molecule has 0 amide bonds. The number of hydrogen-bond acceptors (Lipinski definition) is 2. The number of rotatable bonds is 2. The number of aliphatic hydroxyl groups excluding tert-OH is 1. The van der Waals surface area contributed by atoms with Gasteiger partial charge in [0, 0.05) is 16.0 Å². The van der Waals surface area contributed by atoms with Crippen molar-refractivity contribution in [1.82, 2.24) is 0 Å². The van der Waals surface area contributed by atoms with Crippen LogP contribution < -0.4 is 0 Å². The van der Waals surface area contributed by atoms with E-state index in [0.29, 0.717) is 0 Å². The lowest BCUT2D eigenvalue weighted by Crippen LogP contribution is -1.83. The standard InChI is InChI=1S/C21H16OS/c22-15-18-8-5-16(6-9-18)4-7-17-2-1-3-20(14-17)19-10-12-21(23)13-11-19/h1-3,5-6,8-14,22-23H,15H2. The minimum absolute atomic E-state index is 0.0564. The smallest absolute Gasteiger partial charge is 0.0681 e. The van der Waals surface area contributed by atoms with Gasteiger partial charge in [-0.2, -0.15) is 0 Å². The van der Waals surface area contributed by atoms with E-state index in [4.69, 9.17) is 5.11 Å². The normalized spacial score (nSPS) is 10.0. The second-order valence-corrected chi connectivity index (χ2v) is 5.75. The highest BCUT2D eigenvalue weighted by Crippen LogP contribution is 2.21. The molecule has 3 rings (SSSR count). The quantitative estimate of drug-likeness (QED) is 0.525. The summed E-state index contributed by atoms with van der Waals surface area (Å²) in [5, 5.41) is 9.05.